The van der Waals surface area contributed by atoms with E-state index >= 15 is 0 Å². The van der Waals surface area contributed by atoms with Gasteiger partial charge in [-0.1, -0.05) is 30.3 Å². The molecule has 20 heavy (non-hydrogen) atoms. The number of hydrogen-bond donors (Lipinski definition) is 1. The molecule has 0 aliphatic carbocycles. The number of rotatable bonds is 6. The molecular formula is C16H24N2O2. The van der Waals surface area contributed by atoms with Gasteiger partial charge in [-0.05, 0) is 31.4 Å². The molecule has 1 heterocycles. The van der Waals surface area contributed by atoms with Gasteiger partial charge in [0.05, 0.1) is 0 Å². The summed E-state index contributed by atoms with van der Waals surface area (Å²) in [6, 6.07) is 10.4. The Morgan fingerprint density at radius 1 is 1.20 bits per heavy atom. The summed E-state index contributed by atoms with van der Waals surface area (Å²) in [5.74, 6) is 0.119. The van der Waals surface area contributed by atoms with Gasteiger partial charge in [-0.3, -0.25) is 4.79 Å². The summed E-state index contributed by atoms with van der Waals surface area (Å²) in [6.07, 6.45) is 2.99. The summed E-state index contributed by atoms with van der Waals surface area (Å²) >= 11 is 0. The van der Waals surface area contributed by atoms with Gasteiger partial charge in [-0.2, -0.15) is 0 Å². The molecule has 1 N–H and O–H groups in total. The van der Waals surface area contributed by atoms with Crippen LogP contribution in [0, 0.1) is 0 Å². The highest BCUT2D eigenvalue weighted by Crippen LogP contribution is 2.03. The minimum Gasteiger partial charge on any atom is -0.372 e. The van der Waals surface area contributed by atoms with Crippen LogP contribution in [0.4, 0.5) is 0 Å². The Labute approximate surface area is 121 Å². The van der Waals surface area contributed by atoms with Gasteiger partial charge in [0.2, 0.25) is 5.91 Å². The van der Waals surface area contributed by atoms with Crippen molar-refractivity contribution in [1.82, 2.24) is 10.2 Å². The van der Waals surface area contributed by atoms with Gasteiger partial charge < -0.3 is 15.0 Å². The van der Waals surface area contributed by atoms with Crippen molar-refractivity contribution in [2.75, 3.05) is 39.4 Å². The van der Waals surface area contributed by atoms with E-state index in [0.29, 0.717) is 6.61 Å². The lowest BCUT2D eigenvalue weighted by Crippen LogP contribution is -2.36. The van der Waals surface area contributed by atoms with Crippen molar-refractivity contribution in [2.45, 2.75) is 19.3 Å². The number of nitrogens with one attached hydrogen (secondary N) is 1. The van der Waals surface area contributed by atoms with Crippen LogP contribution in [0.3, 0.4) is 0 Å². The third-order valence-electron chi connectivity index (χ3n) is 3.52. The molecule has 0 unspecified atom stereocenters. The van der Waals surface area contributed by atoms with Gasteiger partial charge in [-0.25, -0.2) is 0 Å². The lowest BCUT2D eigenvalue weighted by atomic mass is 10.1. The topological polar surface area (TPSA) is 41.6 Å². The number of ether oxygens (including phenoxy) is 1. The molecule has 110 valence electrons. The van der Waals surface area contributed by atoms with E-state index in [9.17, 15) is 4.79 Å². The van der Waals surface area contributed by atoms with Crippen LogP contribution in [0.5, 0.6) is 0 Å². The van der Waals surface area contributed by atoms with Gasteiger partial charge >= 0.3 is 0 Å². The van der Waals surface area contributed by atoms with Crippen LogP contribution in [0.25, 0.3) is 0 Å². The van der Waals surface area contributed by atoms with Crippen molar-refractivity contribution >= 4 is 5.91 Å². The predicted octanol–water partition coefficient (Wildman–Crippen LogP) is 1.46. The minimum atomic E-state index is 0.119. The van der Waals surface area contributed by atoms with E-state index in [2.05, 4.69) is 17.4 Å². The first kappa shape index (κ1) is 15.0. The second-order valence-corrected chi connectivity index (χ2v) is 5.13. The molecule has 4 nitrogen and oxygen atoms in total. The van der Waals surface area contributed by atoms with Crippen LogP contribution in [0.1, 0.15) is 18.4 Å². The van der Waals surface area contributed by atoms with Crippen molar-refractivity contribution in [1.29, 1.82) is 0 Å². The Morgan fingerprint density at radius 2 is 2.05 bits per heavy atom. The Hall–Kier alpha value is -1.39. The first-order valence-electron chi connectivity index (χ1n) is 7.46. The van der Waals surface area contributed by atoms with E-state index < -0.39 is 0 Å². The Balaban J connectivity index is 1.57. The van der Waals surface area contributed by atoms with Crippen LogP contribution < -0.4 is 5.32 Å². The molecule has 4 heteroatoms. The van der Waals surface area contributed by atoms with Crippen molar-refractivity contribution in [2.24, 2.45) is 0 Å². The third kappa shape index (κ3) is 5.31. The molecule has 1 aromatic rings. The van der Waals surface area contributed by atoms with E-state index in [1.54, 1.807) is 0 Å². The number of aryl methyl sites for hydroxylation is 1. The maximum Gasteiger partial charge on any atom is 0.248 e. The van der Waals surface area contributed by atoms with Gasteiger partial charge in [0.1, 0.15) is 6.61 Å². The van der Waals surface area contributed by atoms with Gasteiger partial charge in [-0.15, -0.1) is 0 Å². The van der Waals surface area contributed by atoms with E-state index in [-0.39, 0.29) is 12.5 Å². The van der Waals surface area contributed by atoms with Gasteiger partial charge in [0, 0.05) is 26.2 Å². The maximum atomic E-state index is 12.0. The Kier molecular flexibility index (Phi) is 6.54. The van der Waals surface area contributed by atoms with Crippen molar-refractivity contribution in [3.8, 4) is 0 Å². The highest BCUT2D eigenvalue weighted by Gasteiger charge is 2.14. The second kappa shape index (κ2) is 8.72. The van der Waals surface area contributed by atoms with E-state index in [1.165, 1.54) is 5.56 Å². The first-order chi connectivity index (χ1) is 9.86. The SMILES string of the molecule is O=C(COCCCc1ccccc1)N1CCCNCC1. The lowest BCUT2D eigenvalue weighted by Gasteiger charge is -2.19. The normalized spacial score (nSPS) is 15.9. The molecule has 0 radical (unpaired) electrons. The zero-order chi connectivity index (χ0) is 14.0. The number of nitrogens with zero attached hydrogens (tertiary/aromatic N) is 1. The molecule has 0 atom stereocenters. The van der Waals surface area contributed by atoms with Crippen LogP contribution in [0.2, 0.25) is 0 Å². The standard InChI is InChI=1S/C16H24N2O2/c19-16(18-11-5-9-17-10-12-18)14-20-13-4-8-15-6-2-1-3-7-15/h1-3,6-7,17H,4-5,8-14H2. The summed E-state index contributed by atoms with van der Waals surface area (Å²) in [5.41, 5.74) is 1.32. The molecule has 1 aliphatic rings. The number of hydrogen-bond acceptors (Lipinski definition) is 3. The lowest BCUT2D eigenvalue weighted by molar-refractivity contribution is -0.135. The molecule has 1 saturated heterocycles. The van der Waals surface area contributed by atoms with Crippen molar-refractivity contribution in [3.63, 3.8) is 0 Å². The summed E-state index contributed by atoms with van der Waals surface area (Å²) in [5, 5.41) is 3.29. The minimum absolute atomic E-state index is 0.119. The summed E-state index contributed by atoms with van der Waals surface area (Å²) in [4.78, 5) is 13.9. The van der Waals surface area contributed by atoms with Gasteiger partial charge in [0.15, 0.2) is 0 Å². The summed E-state index contributed by atoms with van der Waals surface area (Å²) < 4.78 is 5.50. The maximum absolute atomic E-state index is 12.0. The molecular weight excluding hydrogens is 252 g/mol. The summed E-state index contributed by atoms with van der Waals surface area (Å²) in [6.45, 7) is 4.40. The molecule has 0 saturated carbocycles. The van der Waals surface area contributed by atoms with E-state index in [4.69, 9.17) is 4.74 Å². The van der Waals surface area contributed by atoms with Crippen molar-refractivity contribution < 1.29 is 9.53 Å². The summed E-state index contributed by atoms with van der Waals surface area (Å²) in [7, 11) is 0. The molecule has 0 aromatic heterocycles. The Morgan fingerprint density at radius 3 is 2.90 bits per heavy atom. The largest absolute Gasteiger partial charge is 0.372 e. The third-order valence-corrected chi connectivity index (χ3v) is 3.52. The highest BCUT2D eigenvalue weighted by atomic mass is 16.5. The molecule has 1 amide bonds. The molecule has 1 aliphatic heterocycles. The smallest absolute Gasteiger partial charge is 0.248 e. The van der Waals surface area contributed by atoms with Crippen LogP contribution in [-0.4, -0.2) is 50.2 Å². The fraction of sp³-hybridized carbons (Fsp3) is 0.562. The van der Waals surface area contributed by atoms with Crippen molar-refractivity contribution in [3.05, 3.63) is 35.9 Å². The average molecular weight is 276 g/mol. The predicted molar refractivity (Wildman–Crippen MR) is 79.6 cm³/mol. The number of carbonyl (C=O) groups excluding carboxylic acids is 1. The zero-order valence-electron chi connectivity index (χ0n) is 12.0. The number of amides is 1. The molecule has 0 bridgehead atoms. The van der Waals surface area contributed by atoms with E-state index in [1.807, 2.05) is 23.1 Å². The molecule has 1 fully saturated rings. The monoisotopic (exact) mass is 276 g/mol. The highest BCUT2D eigenvalue weighted by molar-refractivity contribution is 5.77. The second-order valence-electron chi connectivity index (χ2n) is 5.13. The zero-order valence-corrected chi connectivity index (χ0v) is 12.0. The fourth-order valence-electron chi connectivity index (χ4n) is 2.37. The molecule has 0 spiro atoms. The quantitative estimate of drug-likeness (QED) is 0.800. The first-order valence-corrected chi connectivity index (χ1v) is 7.46. The van der Waals surface area contributed by atoms with E-state index in [0.717, 1.165) is 45.4 Å². The molecule has 1 aromatic carbocycles. The molecule has 2 rings (SSSR count). The Bertz CT molecular complexity index is 387. The number of carbonyl (C=O) groups is 1. The average Bonchev–Trinajstić information content (AvgIpc) is 2.77. The van der Waals surface area contributed by atoms with Crippen LogP contribution in [0.15, 0.2) is 30.3 Å². The number of benzene rings is 1. The fourth-order valence-corrected chi connectivity index (χ4v) is 2.37. The van der Waals surface area contributed by atoms with Crippen LogP contribution in [-0.2, 0) is 16.0 Å². The van der Waals surface area contributed by atoms with Crippen LogP contribution >= 0.6 is 0 Å². The van der Waals surface area contributed by atoms with Gasteiger partial charge in [0.25, 0.3) is 0 Å².